The third-order valence-corrected chi connectivity index (χ3v) is 4.44. The van der Waals surface area contributed by atoms with Crippen LogP contribution in [0.1, 0.15) is 52.0 Å². The third-order valence-electron chi connectivity index (χ3n) is 4.44. The Morgan fingerprint density at radius 1 is 1.04 bits per heavy atom. The predicted octanol–water partition coefficient (Wildman–Crippen LogP) is 1.85. The molecule has 1 aromatic carbocycles. The molecule has 0 saturated heterocycles. The van der Waals surface area contributed by atoms with Gasteiger partial charge in [-0.3, -0.25) is 9.59 Å². The Bertz CT molecular complexity index is 634. The molecule has 0 radical (unpaired) electrons. The largest absolute Gasteiger partial charge is 0.480 e. The van der Waals surface area contributed by atoms with Crippen molar-refractivity contribution in [2.24, 2.45) is 11.7 Å². The molecular formula is C21H33N3O4. The van der Waals surface area contributed by atoms with E-state index in [1.165, 1.54) is 0 Å². The normalized spacial score (nSPS) is 14.2. The van der Waals surface area contributed by atoms with E-state index in [1.807, 2.05) is 51.1 Å². The van der Waals surface area contributed by atoms with E-state index in [-0.39, 0.29) is 18.2 Å². The molecule has 2 amide bonds. The van der Waals surface area contributed by atoms with Gasteiger partial charge in [-0.05, 0) is 24.3 Å². The van der Waals surface area contributed by atoms with Crippen LogP contribution >= 0.6 is 0 Å². The van der Waals surface area contributed by atoms with Crippen molar-refractivity contribution in [1.82, 2.24) is 10.6 Å². The molecular weight excluding hydrogens is 358 g/mol. The summed E-state index contributed by atoms with van der Waals surface area (Å²) in [5, 5.41) is 14.8. The van der Waals surface area contributed by atoms with Gasteiger partial charge in [0.2, 0.25) is 11.8 Å². The number of carbonyl (C=O) groups is 3. The molecule has 28 heavy (non-hydrogen) atoms. The van der Waals surface area contributed by atoms with Crippen LogP contribution in [0.3, 0.4) is 0 Å². The zero-order valence-electron chi connectivity index (χ0n) is 17.0. The average Bonchev–Trinajstić information content (AvgIpc) is 2.65. The van der Waals surface area contributed by atoms with Gasteiger partial charge < -0.3 is 21.5 Å². The molecule has 0 aliphatic rings. The second-order valence-electron chi connectivity index (χ2n) is 7.53. The highest BCUT2D eigenvalue weighted by Gasteiger charge is 2.28. The summed E-state index contributed by atoms with van der Waals surface area (Å²) in [6.07, 6.45) is 2.87. The molecule has 0 aromatic heterocycles. The van der Waals surface area contributed by atoms with E-state index in [0.29, 0.717) is 12.8 Å². The van der Waals surface area contributed by atoms with Crippen LogP contribution in [0.5, 0.6) is 0 Å². The van der Waals surface area contributed by atoms with Gasteiger partial charge in [0, 0.05) is 6.42 Å². The molecule has 5 N–H and O–H groups in total. The number of nitrogens with two attached hydrogens (primary N) is 1. The number of hydrogen-bond acceptors (Lipinski definition) is 4. The van der Waals surface area contributed by atoms with Crippen LogP contribution in [0, 0.1) is 5.92 Å². The molecule has 0 bridgehead atoms. The van der Waals surface area contributed by atoms with Gasteiger partial charge in [0.05, 0.1) is 6.04 Å². The maximum Gasteiger partial charge on any atom is 0.326 e. The summed E-state index contributed by atoms with van der Waals surface area (Å²) >= 11 is 0. The summed E-state index contributed by atoms with van der Waals surface area (Å²) in [5.41, 5.74) is 6.70. The Labute approximate surface area is 167 Å². The highest BCUT2D eigenvalue weighted by atomic mass is 16.4. The molecule has 1 aromatic rings. The molecule has 0 spiro atoms. The first-order valence-corrected chi connectivity index (χ1v) is 9.87. The Balaban J connectivity index is 2.80. The highest BCUT2D eigenvalue weighted by molar-refractivity contribution is 5.91. The van der Waals surface area contributed by atoms with Crippen molar-refractivity contribution in [3.8, 4) is 0 Å². The quantitative estimate of drug-likeness (QED) is 0.433. The van der Waals surface area contributed by atoms with Crippen LogP contribution in [0.2, 0.25) is 0 Å². The maximum absolute atomic E-state index is 12.7. The number of amides is 2. The third kappa shape index (κ3) is 8.52. The molecule has 7 nitrogen and oxygen atoms in total. The molecule has 0 heterocycles. The van der Waals surface area contributed by atoms with Gasteiger partial charge in [0.15, 0.2) is 0 Å². The van der Waals surface area contributed by atoms with Gasteiger partial charge in [0.1, 0.15) is 12.1 Å². The first kappa shape index (κ1) is 23.6. The Morgan fingerprint density at radius 2 is 1.64 bits per heavy atom. The number of unbranched alkanes of at least 4 members (excludes halogenated alkanes) is 1. The maximum atomic E-state index is 12.7. The standard InChI is InChI=1S/C21H33N3O4/c1-4-5-11-16(22)19(25)23-17(12-14(2)3)20(26)24-18(21(27)28)13-15-9-7-6-8-10-15/h6-10,14,16-18H,4-5,11-13,22H2,1-3H3,(H,23,25)(H,24,26)(H,27,28). The second kappa shape index (κ2) is 12.1. The number of rotatable bonds is 12. The van der Waals surface area contributed by atoms with E-state index in [4.69, 9.17) is 5.73 Å². The van der Waals surface area contributed by atoms with Crippen molar-refractivity contribution in [2.45, 2.75) is 71.0 Å². The van der Waals surface area contributed by atoms with E-state index in [1.54, 1.807) is 0 Å². The second-order valence-corrected chi connectivity index (χ2v) is 7.53. The van der Waals surface area contributed by atoms with Crippen LogP contribution in [-0.2, 0) is 20.8 Å². The summed E-state index contributed by atoms with van der Waals surface area (Å²) in [6.45, 7) is 5.88. The van der Waals surface area contributed by atoms with E-state index in [2.05, 4.69) is 10.6 Å². The smallest absolute Gasteiger partial charge is 0.326 e. The van der Waals surface area contributed by atoms with Crippen LogP contribution in [0.15, 0.2) is 30.3 Å². The van der Waals surface area contributed by atoms with Gasteiger partial charge >= 0.3 is 5.97 Å². The first-order valence-electron chi connectivity index (χ1n) is 9.87. The number of carboxylic acid groups (broad SMARTS) is 1. The molecule has 3 atom stereocenters. The molecule has 156 valence electrons. The molecule has 0 aliphatic carbocycles. The minimum absolute atomic E-state index is 0.139. The van der Waals surface area contributed by atoms with Crippen molar-refractivity contribution >= 4 is 17.8 Å². The van der Waals surface area contributed by atoms with Crippen LogP contribution < -0.4 is 16.4 Å². The topological polar surface area (TPSA) is 122 Å². The number of aliphatic carboxylic acids is 1. The van der Waals surface area contributed by atoms with E-state index in [9.17, 15) is 19.5 Å². The predicted molar refractivity (Wildman–Crippen MR) is 109 cm³/mol. The van der Waals surface area contributed by atoms with Gasteiger partial charge in [-0.25, -0.2) is 4.79 Å². The van der Waals surface area contributed by atoms with Crippen molar-refractivity contribution in [3.05, 3.63) is 35.9 Å². The van der Waals surface area contributed by atoms with Gasteiger partial charge in [-0.15, -0.1) is 0 Å². The van der Waals surface area contributed by atoms with E-state index < -0.39 is 30.0 Å². The van der Waals surface area contributed by atoms with Crippen molar-refractivity contribution < 1.29 is 19.5 Å². The summed E-state index contributed by atoms with van der Waals surface area (Å²) in [7, 11) is 0. The van der Waals surface area contributed by atoms with Crippen LogP contribution in [-0.4, -0.2) is 41.0 Å². The lowest BCUT2D eigenvalue weighted by molar-refractivity contribution is -0.142. The average molecular weight is 392 g/mol. The lowest BCUT2D eigenvalue weighted by Gasteiger charge is -2.24. The Hall–Kier alpha value is -2.41. The van der Waals surface area contributed by atoms with Gasteiger partial charge in [-0.1, -0.05) is 63.9 Å². The van der Waals surface area contributed by atoms with Crippen LogP contribution in [0.25, 0.3) is 0 Å². The monoisotopic (exact) mass is 391 g/mol. The first-order chi connectivity index (χ1) is 13.2. The fourth-order valence-electron chi connectivity index (χ4n) is 2.86. The number of benzene rings is 1. The molecule has 3 unspecified atom stereocenters. The molecule has 0 aliphatic heterocycles. The lowest BCUT2D eigenvalue weighted by Crippen LogP contribution is -2.55. The number of carboxylic acids is 1. The lowest BCUT2D eigenvalue weighted by atomic mass is 10.0. The van der Waals surface area contributed by atoms with Crippen molar-refractivity contribution in [3.63, 3.8) is 0 Å². The zero-order valence-corrected chi connectivity index (χ0v) is 17.0. The number of nitrogens with one attached hydrogen (secondary N) is 2. The molecule has 0 fully saturated rings. The van der Waals surface area contributed by atoms with Gasteiger partial charge in [-0.2, -0.15) is 0 Å². The van der Waals surface area contributed by atoms with Crippen LogP contribution in [0.4, 0.5) is 0 Å². The number of carbonyl (C=O) groups excluding carboxylic acids is 2. The van der Waals surface area contributed by atoms with Gasteiger partial charge in [0.25, 0.3) is 0 Å². The summed E-state index contributed by atoms with van der Waals surface area (Å²) < 4.78 is 0. The summed E-state index contributed by atoms with van der Waals surface area (Å²) in [6, 6.07) is 6.51. The fourth-order valence-corrected chi connectivity index (χ4v) is 2.86. The molecule has 7 heteroatoms. The zero-order chi connectivity index (χ0) is 21.1. The van der Waals surface area contributed by atoms with E-state index in [0.717, 1.165) is 18.4 Å². The van der Waals surface area contributed by atoms with Crippen molar-refractivity contribution in [1.29, 1.82) is 0 Å². The summed E-state index contributed by atoms with van der Waals surface area (Å²) in [4.78, 5) is 36.7. The minimum atomic E-state index is -1.12. The number of hydrogen-bond donors (Lipinski definition) is 4. The molecule has 0 saturated carbocycles. The highest BCUT2D eigenvalue weighted by Crippen LogP contribution is 2.09. The SMILES string of the molecule is CCCCC(N)C(=O)NC(CC(C)C)C(=O)NC(Cc1ccccc1)C(=O)O. The Kier molecular flexibility index (Phi) is 10.2. The summed E-state index contributed by atoms with van der Waals surface area (Å²) in [5.74, 6) is -1.87. The van der Waals surface area contributed by atoms with Crippen molar-refractivity contribution in [2.75, 3.05) is 0 Å². The van der Waals surface area contributed by atoms with E-state index >= 15 is 0 Å². The minimum Gasteiger partial charge on any atom is -0.480 e. The molecule has 1 rings (SSSR count). The fraction of sp³-hybridized carbons (Fsp3) is 0.571. The Morgan fingerprint density at radius 3 is 2.18 bits per heavy atom.